The highest BCUT2D eigenvalue weighted by molar-refractivity contribution is 5.93. The summed E-state index contributed by atoms with van der Waals surface area (Å²) in [7, 11) is 1.38. The lowest BCUT2D eigenvalue weighted by Crippen LogP contribution is -2.32. The van der Waals surface area contributed by atoms with Crippen LogP contribution in [0.5, 0.6) is 5.75 Å². The number of carbonyl (C=O) groups excluding carboxylic acids is 1. The molecule has 5 nitrogen and oxygen atoms in total. The van der Waals surface area contributed by atoms with Crippen molar-refractivity contribution in [3.63, 3.8) is 0 Å². The number of ether oxygens (including phenoxy) is 1. The van der Waals surface area contributed by atoms with Gasteiger partial charge >= 0.3 is 12.1 Å². The van der Waals surface area contributed by atoms with Gasteiger partial charge in [0.1, 0.15) is 5.75 Å². The zero-order chi connectivity index (χ0) is 20.0. The van der Waals surface area contributed by atoms with Gasteiger partial charge in [0.2, 0.25) is 5.91 Å². The van der Waals surface area contributed by atoms with Crippen molar-refractivity contribution in [2.45, 2.75) is 18.5 Å². The summed E-state index contributed by atoms with van der Waals surface area (Å²) in [5.74, 6) is -3.45. The number of hydrogen-bond acceptors (Lipinski definition) is 3. The van der Waals surface area contributed by atoms with E-state index in [4.69, 9.17) is 9.84 Å². The predicted molar refractivity (Wildman–Crippen MR) is 92.8 cm³/mol. The van der Waals surface area contributed by atoms with E-state index in [0.717, 1.165) is 4.90 Å². The van der Waals surface area contributed by atoms with E-state index in [1.54, 1.807) is 6.07 Å². The maximum atomic E-state index is 13.4. The minimum absolute atomic E-state index is 0.0316. The average Bonchev–Trinajstić information content (AvgIpc) is 2.63. The minimum Gasteiger partial charge on any atom is -0.482 e. The van der Waals surface area contributed by atoms with E-state index in [1.807, 2.05) is 0 Å². The van der Waals surface area contributed by atoms with Crippen LogP contribution in [0.2, 0.25) is 0 Å². The summed E-state index contributed by atoms with van der Waals surface area (Å²) in [4.78, 5) is 24.0. The third-order valence-electron chi connectivity index (χ3n) is 3.94. The maximum absolute atomic E-state index is 13.4. The van der Waals surface area contributed by atoms with Gasteiger partial charge in [-0.25, -0.2) is 4.79 Å². The van der Waals surface area contributed by atoms with Crippen LogP contribution < -0.4 is 9.64 Å². The Morgan fingerprint density at radius 2 is 1.67 bits per heavy atom. The molecule has 27 heavy (non-hydrogen) atoms. The standard InChI is InChI=1S/C19H18F3NO4/c1-23(14-7-9-15(10-8-14)27-12-18(25)26)17(24)11-16(19(20,21)22)13-5-3-2-4-6-13/h2-10,16H,11-12H2,1H3,(H,25,26). The lowest BCUT2D eigenvalue weighted by atomic mass is 9.94. The maximum Gasteiger partial charge on any atom is 0.396 e. The first-order valence-electron chi connectivity index (χ1n) is 8.01. The molecule has 0 aliphatic rings. The minimum atomic E-state index is -4.55. The second-order valence-corrected chi connectivity index (χ2v) is 5.84. The molecule has 1 amide bonds. The van der Waals surface area contributed by atoms with Gasteiger partial charge in [-0.05, 0) is 29.8 Å². The van der Waals surface area contributed by atoms with E-state index in [9.17, 15) is 22.8 Å². The number of carboxylic acid groups (broad SMARTS) is 1. The van der Waals surface area contributed by atoms with Crippen LogP contribution in [0.1, 0.15) is 17.9 Å². The summed E-state index contributed by atoms with van der Waals surface area (Å²) in [5.41, 5.74) is 0.404. The second kappa shape index (κ2) is 8.57. The number of carbonyl (C=O) groups is 2. The van der Waals surface area contributed by atoms with E-state index in [2.05, 4.69) is 0 Å². The van der Waals surface area contributed by atoms with Crippen LogP contribution in [0.4, 0.5) is 18.9 Å². The number of amides is 1. The molecule has 2 aromatic carbocycles. The summed E-state index contributed by atoms with van der Waals surface area (Å²) < 4.78 is 45.2. The molecule has 8 heteroatoms. The molecule has 0 bridgehead atoms. The fourth-order valence-electron chi connectivity index (χ4n) is 2.47. The van der Waals surface area contributed by atoms with Gasteiger partial charge in [-0.15, -0.1) is 0 Å². The van der Waals surface area contributed by atoms with Gasteiger partial charge in [0.15, 0.2) is 6.61 Å². The van der Waals surface area contributed by atoms with E-state index in [0.29, 0.717) is 5.69 Å². The number of rotatable bonds is 7. The summed E-state index contributed by atoms with van der Waals surface area (Å²) in [6, 6.07) is 13.1. The molecule has 1 N–H and O–H groups in total. The van der Waals surface area contributed by atoms with Gasteiger partial charge in [0.25, 0.3) is 0 Å². The normalized spacial score (nSPS) is 12.3. The summed E-state index contributed by atoms with van der Waals surface area (Å²) in [6.45, 7) is -0.515. The first-order chi connectivity index (χ1) is 12.7. The van der Waals surface area contributed by atoms with Crippen LogP contribution in [0, 0.1) is 0 Å². The molecule has 0 aromatic heterocycles. The monoisotopic (exact) mass is 381 g/mol. The third kappa shape index (κ3) is 5.73. The predicted octanol–water partition coefficient (Wildman–Crippen LogP) is 3.85. The van der Waals surface area contributed by atoms with Crippen molar-refractivity contribution in [3.05, 3.63) is 60.2 Å². The molecule has 144 valence electrons. The topological polar surface area (TPSA) is 66.8 Å². The van der Waals surface area contributed by atoms with Crippen LogP contribution in [-0.2, 0) is 9.59 Å². The van der Waals surface area contributed by atoms with Gasteiger partial charge < -0.3 is 14.7 Å². The van der Waals surface area contributed by atoms with Gasteiger partial charge in [0, 0.05) is 19.2 Å². The number of nitrogens with zero attached hydrogens (tertiary/aromatic N) is 1. The first-order valence-corrected chi connectivity index (χ1v) is 8.01. The lowest BCUT2D eigenvalue weighted by Gasteiger charge is -2.24. The molecule has 0 spiro atoms. The van der Waals surface area contributed by atoms with Crippen molar-refractivity contribution in [2.75, 3.05) is 18.6 Å². The van der Waals surface area contributed by atoms with Gasteiger partial charge in [-0.2, -0.15) is 13.2 Å². The fourth-order valence-corrected chi connectivity index (χ4v) is 2.47. The Hall–Kier alpha value is -3.03. The lowest BCUT2D eigenvalue weighted by molar-refractivity contribution is -0.156. The molecule has 1 atom stereocenters. The first kappa shape index (κ1) is 20.3. The molecule has 2 aromatic rings. The number of halogens is 3. The molecule has 0 saturated carbocycles. The number of anilines is 1. The second-order valence-electron chi connectivity index (χ2n) is 5.84. The molecule has 2 rings (SSSR count). The number of aliphatic carboxylic acids is 1. The number of hydrogen-bond donors (Lipinski definition) is 1. The van der Waals surface area contributed by atoms with E-state index < -0.39 is 37.0 Å². The van der Waals surface area contributed by atoms with E-state index in [1.165, 1.54) is 55.6 Å². The van der Waals surface area contributed by atoms with Crippen LogP contribution in [0.25, 0.3) is 0 Å². The van der Waals surface area contributed by atoms with Crippen molar-refractivity contribution >= 4 is 17.6 Å². The van der Waals surface area contributed by atoms with Crippen LogP contribution in [0.15, 0.2) is 54.6 Å². The zero-order valence-corrected chi connectivity index (χ0v) is 14.4. The van der Waals surface area contributed by atoms with Crippen molar-refractivity contribution in [1.82, 2.24) is 0 Å². The number of benzene rings is 2. The Morgan fingerprint density at radius 3 is 2.19 bits per heavy atom. The molecular weight excluding hydrogens is 363 g/mol. The molecule has 0 aliphatic carbocycles. The molecule has 0 fully saturated rings. The Balaban J connectivity index is 2.10. The molecular formula is C19H18F3NO4. The summed E-state index contributed by atoms with van der Waals surface area (Å²) in [5, 5.41) is 8.56. The van der Waals surface area contributed by atoms with E-state index >= 15 is 0 Å². The Labute approximate surface area is 154 Å². The van der Waals surface area contributed by atoms with Crippen molar-refractivity contribution in [2.24, 2.45) is 0 Å². The number of carboxylic acids is 1. The van der Waals surface area contributed by atoms with Gasteiger partial charge in [-0.1, -0.05) is 30.3 Å². The zero-order valence-electron chi connectivity index (χ0n) is 14.4. The summed E-state index contributed by atoms with van der Waals surface area (Å²) >= 11 is 0. The van der Waals surface area contributed by atoms with Crippen molar-refractivity contribution in [1.29, 1.82) is 0 Å². The molecule has 0 heterocycles. The summed E-state index contributed by atoms with van der Waals surface area (Å²) in [6.07, 6.45) is -5.27. The van der Waals surface area contributed by atoms with Crippen molar-refractivity contribution in [3.8, 4) is 5.75 Å². The Kier molecular flexibility index (Phi) is 6.44. The largest absolute Gasteiger partial charge is 0.482 e. The highest BCUT2D eigenvalue weighted by atomic mass is 19.4. The SMILES string of the molecule is CN(C(=O)CC(c1ccccc1)C(F)(F)F)c1ccc(OCC(=O)O)cc1. The highest BCUT2D eigenvalue weighted by Gasteiger charge is 2.42. The molecule has 0 saturated heterocycles. The smallest absolute Gasteiger partial charge is 0.396 e. The fraction of sp³-hybridized carbons (Fsp3) is 0.263. The van der Waals surface area contributed by atoms with Crippen LogP contribution in [-0.4, -0.2) is 36.8 Å². The van der Waals surface area contributed by atoms with Crippen LogP contribution in [0.3, 0.4) is 0 Å². The molecule has 0 aliphatic heterocycles. The highest BCUT2D eigenvalue weighted by Crippen LogP contribution is 2.38. The van der Waals surface area contributed by atoms with Crippen LogP contribution >= 0.6 is 0 Å². The van der Waals surface area contributed by atoms with Gasteiger partial charge in [-0.3, -0.25) is 4.79 Å². The third-order valence-corrected chi connectivity index (χ3v) is 3.94. The van der Waals surface area contributed by atoms with E-state index in [-0.39, 0.29) is 11.3 Å². The quantitative estimate of drug-likeness (QED) is 0.791. The molecule has 0 radical (unpaired) electrons. The van der Waals surface area contributed by atoms with Gasteiger partial charge in [0.05, 0.1) is 5.92 Å². The number of alkyl halides is 3. The Bertz CT molecular complexity index is 776. The Morgan fingerprint density at radius 1 is 1.07 bits per heavy atom. The van der Waals surface area contributed by atoms with Crippen molar-refractivity contribution < 1.29 is 32.6 Å². The molecule has 1 unspecified atom stereocenters. The average molecular weight is 381 g/mol.